The van der Waals surface area contributed by atoms with Crippen LogP contribution in [0.15, 0.2) is 53.7 Å². The molecule has 26 heavy (non-hydrogen) atoms. The first-order chi connectivity index (χ1) is 12.5. The molecule has 2 aromatic rings. The van der Waals surface area contributed by atoms with Crippen molar-refractivity contribution in [3.05, 3.63) is 59.8 Å². The fourth-order valence-electron chi connectivity index (χ4n) is 3.16. The number of hydrogen-bond acceptors (Lipinski definition) is 4. The summed E-state index contributed by atoms with van der Waals surface area (Å²) in [5.41, 5.74) is 1.26. The van der Waals surface area contributed by atoms with Crippen molar-refractivity contribution in [1.82, 2.24) is 9.88 Å². The van der Waals surface area contributed by atoms with Crippen LogP contribution >= 0.6 is 11.8 Å². The Hall–Kier alpha value is -1.85. The van der Waals surface area contributed by atoms with E-state index in [0.29, 0.717) is 25.1 Å². The van der Waals surface area contributed by atoms with Crippen LogP contribution in [0.3, 0.4) is 0 Å². The summed E-state index contributed by atoms with van der Waals surface area (Å²) >= 11 is 1.63. The van der Waals surface area contributed by atoms with Gasteiger partial charge >= 0.3 is 0 Å². The van der Waals surface area contributed by atoms with Gasteiger partial charge in [-0.3, -0.25) is 4.79 Å². The number of carbonyl (C=O) groups excluding carboxylic acids is 1. The van der Waals surface area contributed by atoms with Crippen LogP contribution in [0.25, 0.3) is 0 Å². The number of rotatable bonds is 5. The predicted molar refractivity (Wildman–Crippen MR) is 105 cm³/mol. The number of benzene rings is 1. The van der Waals surface area contributed by atoms with Crippen molar-refractivity contribution in [2.45, 2.75) is 37.3 Å². The summed E-state index contributed by atoms with van der Waals surface area (Å²) in [5, 5.41) is 11.1. The van der Waals surface area contributed by atoms with Crippen LogP contribution in [0, 0.1) is 5.92 Å². The van der Waals surface area contributed by atoms with Gasteiger partial charge in [-0.15, -0.1) is 11.8 Å². The van der Waals surface area contributed by atoms with Gasteiger partial charge < -0.3 is 10.0 Å². The number of piperidine rings is 1. The van der Waals surface area contributed by atoms with E-state index < -0.39 is 5.60 Å². The third-order valence-corrected chi connectivity index (χ3v) is 6.21. The van der Waals surface area contributed by atoms with Gasteiger partial charge in [-0.25, -0.2) is 4.98 Å². The Morgan fingerprint density at radius 1 is 1.31 bits per heavy atom. The zero-order chi connectivity index (χ0) is 18.6. The monoisotopic (exact) mass is 370 g/mol. The van der Waals surface area contributed by atoms with Crippen LogP contribution in [0.2, 0.25) is 0 Å². The number of nitrogens with zero attached hydrogens (tertiary/aromatic N) is 2. The van der Waals surface area contributed by atoms with E-state index in [1.807, 2.05) is 49.1 Å². The van der Waals surface area contributed by atoms with E-state index in [1.165, 1.54) is 5.56 Å². The number of pyridine rings is 1. The minimum Gasteiger partial charge on any atom is -0.390 e. The summed E-state index contributed by atoms with van der Waals surface area (Å²) < 4.78 is 0. The van der Waals surface area contributed by atoms with Gasteiger partial charge in [0.1, 0.15) is 5.03 Å². The molecule has 138 valence electrons. The minimum atomic E-state index is -0.695. The van der Waals surface area contributed by atoms with Crippen molar-refractivity contribution in [3.8, 4) is 0 Å². The number of amides is 1. The van der Waals surface area contributed by atoms with Crippen molar-refractivity contribution in [2.24, 2.45) is 5.92 Å². The maximum atomic E-state index is 13.0. The number of carbonyl (C=O) groups is 1. The molecule has 0 bridgehead atoms. The lowest BCUT2D eigenvalue weighted by molar-refractivity contribution is -0.0440. The summed E-state index contributed by atoms with van der Waals surface area (Å²) in [6, 6.07) is 14.0. The van der Waals surface area contributed by atoms with Crippen LogP contribution < -0.4 is 0 Å². The Kier molecular flexibility index (Phi) is 5.99. The Bertz CT molecular complexity index is 749. The topological polar surface area (TPSA) is 53.4 Å². The molecule has 0 saturated carbocycles. The Balaban J connectivity index is 1.66. The highest BCUT2D eigenvalue weighted by Crippen LogP contribution is 2.29. The van der Waals surface area contributed by atoms with E-state index in [1.54, 1.807) is 18.0 Å². The normalized spacial score (nSPS) is 23.0. The summed E-state index contributed by atoms with van der Waals surface area (Å²) in [6.07, 6.45) is 3.29. The summed E-state index contributed by atoms with van der Waals surface area (Å²) in [4.78, 5) is 19.3. The third-order valence-electron chi connectivity index (χ3n) is 5.20. The Labute approximate surface area is 159 Å². The van der Waals surface area contributed by atoms with E-state index in [-0.39, 0.29) is 11.8 Å². The number of aromatic nitrogens is 1. The highest BCUT2D eigenvalue weighted by Gasteiger charge is 2.36. The van der Waals surface area contributed by atoms with Gasteiger partial charge in [0.05, 0.1) is 11.2 Å². The number of thioether (sulfide) groups is 1. The first kappa shape index (κ1) is 18.9. The van der Waals surface area contributed by atoms with Crippen LogP contribution in [-0.2, 0) is 6.42 Å². The quantitative estimate of drug-likeness (QED) is 0.817. The van der Waals surface area contributed by atoms with Crippen LogP contribution in [0.4, 0.5) is 0 Å². The highest BCUT2D eigenvalue weighted by molar-refractivity contribution is 7.99. The van der Waals surface area contributed by atoms with Crippen molar-refractivity contribution in [3.63, 3.8) is 0 Å². The van der Waals surface area contributed by atoms with Gasteiger partial charge in [0.15, 0.2) is 0 Å². The first-order valence-corrected chi connectivity index (χ1v) is 10.1. The smallest absolute Gasteiger partial charge is 0.256 e. The first-order valence-electron chi connectivity index (χ1n) is 9.11. The van der Waals surface area contributed by atoms with Crippen LogP contribution in [0.5, 0.6) is 0 Å². The molecular formula is C21H26N2O2S. The summed E-state index contributed by atoms with van der Waals surface area (Å²) in [5.74, 6) is 0.959. The molecule has 0 unspecified atom stereocenters. The van der Waals surface area contributed by atoms with E-state index in [0.717, 1.165) is 17.2 Å². The molecule has 1 fully saturated rings. The van der Waals surface area contributed by atoms with E-state index >= 15 is 0 Å². The van der Waals surface area contributed by atoms with Gasteiger partial charge in [-0.1, -0.05) is 37.3 Å². The van der Waals surface area contributed by atoms with Gasteiger partial charge in [-0.05, 0) is 37.5 Å². The average molecular weight is 371 g/mol. The van der Waals surface area contributed by atoms with Crippen molar-refractivity contribution in [2.75, 3.05) is 18.8 Å². The number of likely N-dealkylation sites (tertiary alicyclic amines) is 1. The molecule has 0 radical (unpaired) electrons. The van der Waals surface area contributed by atoms with Crippen molar-refractivity contribution < 1.29 is 9.90 Å². The average Bonchev–Trinajstić information content (AvgIpc) is 2.65. The van der Waals surface area contributed by atoms with Crippen LogP contribution in [0.1, 0.15) is 36.2 Å². The second-order valence-electron chi connectivity index (χ2n) is 7.20. The lowest BCUT2D eigenvalue weighted by Crippen LogP contribution is -2.50. The largest absolute Gasteiger partial charge is 0.390 e. The number of hydrogen-bond donors (Lipinski definition) is 1. The van der Waals surface area contributed by atoms with E-state index in [4.69, 9.17) is 0 Å². The maximum absolute atomic E-state index is 13.0. The fraction of sp³-hybridized carbons (Fsp3) is 0.429. The molecule has 1 aromatic carbocycles. The molecule has 2 heterocycles. The van der Waals surface area contributed by atoms with Gasteiger partial charge in [0, 0.05) is 31.0 Å². The SMILES string of the molecule is C[C@@H]1CN(C(=O)c2cccnc2SCCc2ccccc2)CC[C@]1(C)O. The predicted octanol–water partition coefficient (Wildman–Crippen LogP) is 3.65. The standard InChI is InChI=1S/C21H26N2O2S/c1-16-15-23(13-11-21(16,2)25)20(24)18-9-6-12-22-19(18)26-14-10-17-7-4-3-5-8-17/h3-9,12,16,25H,10-11,13-15H2,1-2H3/t16-,21+/m1/s1. The summed E-state index contributed by atoms with van der Waals surface area (Å²) in [6.45, 7) is 5.01. The second-order valence-corrected chi connectivity index (χ2v) is 8.28. The third kappa shape index (κ3) is 4.46. The Morgan fingerprint density at radius 3 is 2.81 bits per heavy atom. The van der Waals surface area contributed by atoms with Gasteiger partial charge in [0.25, 0.3) is 5.91 Å². The highest BCUT2D eigenvalue weighted by atomic mass is 32.2. The molecular weight excluding hydrogens is 344 g/mol. The molecule has 1 saturated heterocycles. The van der Waals surface area contributed by atoms with E-state index in [2.05, 4.69) is 17.1 Å². The second kappa shape index (κ2) is 8.23. The van der Waals surface area contributed by atoms with Crippen molar-refractivity contribution in [1.29, 1.82) is 0 Å². The molecule has 0 aliphatic carbocycles. The molecule has 5 heteroatoms. The molecule has 1 N–H and O–H groups in total. The Morgan fingerprint density at radius 2 is 2.08 bits per heavy atom. The molecule has 1 aromatic heterocycles. The molecule has 3 rings (SSSR count). The van der Waals surface area contributed by atoms with Gasteiger partial charge in [-0.2, -0.15) is 0 Å². The molecule has 4 nitrogen and oxygen atoms in total. The summed E-state index contributed by atoms with van der Waals surface area (Å²) in [7, 11) is 0. The maximum Gasteiger partial charge on any atom is 0.256 e. The number of aryl methyl sites for hydroxylation is 1. The lowest BCUT2D eigenvalue weighted by atomic mass is 9.84. The lowest BCUT2D eigenvalue weighted by Gasteiger charge is -2.41. The molecule has 1 aliphatic rings. The zero-order valence-corrected chi connectivity index (χ0v) is 16.2. The van der Waals surface area contributed by atoms with Gasteiger partial charge in [0.2, 0.25) is 0 Å². The molecule has 0 spiro atoms. The fourth-order valence-corrected chi connectivity index (χ4v) is 4.14. The zero-order valence-electron chi connectivity index (χ0n) is 15.4. The minimum absolute atomic E-state index is 0.0164. The molecule has 1 aliphatic heterocycles. The van der Waals surface area contributed by atoms with E-state index in [9.17, 15) is 9.90 Å². The van der Waals surface area contributed by atoms with Crippen LogP contribution in [-0.4, -0.2) is 45.3 Å². The molecule has 2 atom stereocenters. The number of aliphatic hydroxyl groups is 1. The molecule has 1 amide bonds. The van der Waals surface area contributed by atoms with Crippen molar-refractivity contribution >= 4 is 17.7 Å².